The van der Waals surface area contributed by atoms with Gasteiger partial charge in [-0.15, -0.1) is 0 Å². The van der Waals surface area contributed by atoms with Gasteiger partial charge >= 0.3 is 0 Å². The summed E-state index contributed by atoms with van der Waals surface area (Å²) in [5, 5.41) is 14.6. The number of carbonyl (C=O) groups is 2. The number of carbonyl (C=O) groups excluding carboxylic acids is 2. The van der Waals surface area contributed by atoms with Gasteiger partial charge in [-0.1, -0.05) is 12.1 Å². The zero-order chi connectivity index (χ0) is 18.5. The average Bonchev–Trinajstić information content (AvgIpc) is 3.12. The fourth-order valence-electron chi connectivity index (χ4n) is 3.05. The second kappa shape index (κ2) is 7.85. The Bertz CT molecular complexity index is 852. The van der Waals surface area contributed by atoms with E-state index in [-0.39, 0.29) is 18.2 Å². The second-order valence-electron chi connectivity index (χ2n) is 6.08. The van der Waals surface area contributed by atoms with E-state index in [0.29, 0.717) is 36.7 Å². The number of hydrogen-bond donors (Lipinski definition) is 2. The molecule has 1 atom stereocenters. The minimum atomic E-state index is -0.524. The lowest BCUT2D eigenvalue weighted by Crippen LogP contribution is -2.55. The van der Waals surface area contributed by atoms with Crippen LogP contribution in [0.4, 0.5) is 0 Å². The molecule has 0 spiro atoms. The van der Waals surface area contributed by atoms with Crippen molar-refractivity contribution in [2.45, 2.75) is 19.0 Å². The zero-order valence-electron chi connectivity index (χ0n) is 14.5. The summed E-state index contributed by atoms with van der Waals surface area (Å²) in [4.78, 5) is 25.8. The predicted molar refractivity (Wildman–Crippen MR) is 94.8 cm³/mol. The van der Waals surface area contributed by atoms with Crippen LogP contribution < -0.4 is 10.6 Å². The summed E-state index contributed by atoms with van der Waals surface area (Å²) in [6, 6.07) is 12.5. The molecule has 2 amide bonds. The molecule has 7 nitrogen and oxygen atoms in total. The Morgan fingerprint density at radius 1 is 1.38 bits per heavy atom. The summed E-state index contributed by atoms with van der Waals surface area (Å²) in [6.45, 7) is 1.59. The fourth-order valence-corrected chi connectivity index (χ4v) is 3.05. The van der Waals surface area contributed by atoms with Crippen LogP contribution in [-0.2, 0) is 16.1 Å². The van der Waals surface area contributed by atoms with E-state index in [1.54, 1.807) is 13.1 Å². The van der Waals surface area contributed by atoms with Gasteiger partial charge in [0.1, 0.15) is 11.5 Å². The van der Waals surface area contributed by atoms with Crippen LogP contribution in [0.3, 0.4) is 0 Å². The van der Waals surface area contributed by atoms with E-state index < -0.39 is 6.04 Å². The van der Waals surface area contributed by atoms with E-state index in [4.69, 9.17) is 4.42 Å². The summed E-state index contributed by atoms with van der Waals surface area (Å²) in [6.07, 6.45) is 0.104. The van der Waals surface area contributed by atoms with E-state index in [2.05, 4.69) is 16.7 Å². The third kappa shape index (κ3) is 3.76. The average molecular weight is 352 g/mol. The van der Waals surface area contributed by atoms with Gasteiger partial charge in [-0.2, -0.15) is 5.26 Å². The van der Waals surface area contributed by atoms with Crippen molar-refractivity contribution in [2.24, 2.45) is 0 Å². The molecule has 2 aromatic rings. The van der Waals surface area contributed by atoms with E-state index >= 15 is 0 Å². The van der Waals surface area contributed by atoms with Crippen LogP contribution in [0.15, 0.2) is 40.8 Å². The summed E-state index contributed by atoms with van der Waals surface area (Å²) >= 11 is 0. The Morgan fingerprint density at radius 2 is 2.19 bits per heavy atom. The molecule has 1 fully saturated rings. The molecule has 0 unspecified atom stereocenters. The fraction of sp³-hybridized carbons (Fsp3) is 0.316. The minimum absolute atomic E-state index is 0.104. The van der Waals surface area contributed by atoms with E-state index in [9.17, 15) is 14.9 Å². The number of benzene rings is 1. The highest BCUT2D eigenvalue weighted by atomic mass is 16.3. The highest BCUT2D eigenvalue weighted by molar-refractivity contribution is 5.88. The van der Waals surface area contributed by atoms with Gasteiger partial charge in [-0.25, -0.2) is 0 Å². The maximum atomic E-state index is 12.2. The molecule has 1 aromatic carbocycles. The highest BCUT2D eigenvalue weighted by Gasteiger charge is 2.31. The molecule has 134 valence electrons. The van der Waals surface area contributed by atoms with Gasteiger partial charge in [0.05, 0.1) is 30.6 Å². The van der Waals surface area contributed by atoms with E-state index in [0.717, 1.165) is 5.56 Å². The molecule has 1 aromatic heterocycles. The van der Waals surface area contributed by atoms with Crippen LogP contribution in [0.1, 0.15) is 17.7 Å². The number of nitrogens with one attached hydrogen (secondary N) is 2. The van der Waals surface area contributed by atoms with Crippen molar-refractivity contribution in [1.29, 1.82) is 5.26 Å². The molecule has 7 heteroatoms. The van der Waals surface area contributed by atoms with Crippen LogP contribution in [0.25, 0.3) is 11.3 Å². The maximum absolute atomic E-state index is 12.2. The number of amides is 2. The Labute approximate surface area is 151 Å². The van der Waals surface area contributed by atoms with Crippen molar-refractivity contribution in [3.63, 3.8) is 0 Å². The minimum Gasteiger partial charge on any atom is -0.460 e. The SMILES string of the molecule is CNC(=O)C[C@H]1C(=O)NCCN1Cc1ccc(-c2ccccc2C#N)o1. The Morgan fingerprint density at radius 3 is 2.96 bits per heavy atom. The largest absolute Gasteiger partial charge is 0.460 e. The normalized spacial score (nSPS) is 17.4. The van der Waals surface area contributed by atoms with Crippen molar-refractivity contribution >= 4 is 11.8 Å². The van der Waals surface area contributed by atoms with Gasteiger partial charge in [0.15, 0.2) is 0 Å². The number of piperazine rings is 1. The van der Waals surface area contributed by atoms with Crippen molar-refractivity contribution in [1.82, 2.24) is 15.5 Å². The molecule has 0 saturated carbocycles. The number of hydrogen-bond acceptors (Lipinski definition) is 5. The Hall–Kier alpha value is -3.11. The molecule has 2 N–H and O–H groups in total. The van der Waals surface area contributed by atoms with E-state index in [1.165, 1.54) is 0 Å². The lowest BCUT2D eigenvalue weighted by molar-refractivity contribution is -0.134. The van der Waals surface area contributed by atoms with Crippen LogP contribution in [0.2, 0.25) is 0 Å². The summed E-state index contributed by atoms with van der Waals surface area (Å²) in [5.41, 5.74) is 1.28. The van der Waals surface area contributed by atoms with Gasteiger partial charge in [-0.05, 0) is 24.3 Å². The van der Waals surface area contributed by atoms with Crippen LogP contribution in [0.5, 0.6) is 0 Å². The summed E-state index contributed by atoms with van der Waals surface area (Å²) < 4.78 is 5.90. The molecule has 0 radical (unpaired) electrons. The second-order valence-corrected chi connectivity index (χ2v) is 6.08. The molecule has 1 aliphatic rings. The van der Waals surface area contributed by atoms with Crippen LogP contribution >= 0.6 is 0 Å². The lowest BCUT2D eigenvalue weighted by atomic mass is 10.1. The van der Waals surface area contributed by atoms with Crippen molar-refractivity contribution < 1.29 is 14.0 Å². The first-order chi connectivity index (χ1) is 12.6. The number of rotatable bonds is 5. The van der Waals surface area contributed by atoms with Crippen LogP contribution in [0, 0.1) is 11.3 Å². The molecular formula is C19H20N4O3. The Balaban J connectivity index is 1.78. The molecule has 26 heavy (non-hydrogen) atoms. The monoisotopic (exact) mass is 352 g/mol. The maximum Gasteiger partial charge on any atom is 0.237 e. The number of nitrogens with zero attached hydrogens (tertiary/aromatic N) is 2. The molecular weight excluding hydrogens is 332 g/mol. The van der Waals surface area contributed by atoms with Gasteiger partial charge in [0.25, 0.3) is 0 Å². The topological polar surface area (TPSA) is 98.4 Å². The van der Waals surface area contributed by atoms with Gasteiger partial charge < -0.3 is 15.1 Å². The number of nitriles is 1. The molecule has 1 aliphatic heterocycles. The number of furan rings is 1. The van der Waals surface area contributed by atoms with Crippen molar-refractivity contribution in [3.05, 3.63) is 47.7 Å². The van der Waals surface area contributed by atoms with E-state index in [1.807, 2.05) is 35.2 Å². The quantitative estimate of drug-likeness (QED) is 0.844. The molecule has 0 aliphatic carbocycles. The third-order valence-electron chi connectivity index (χ3n) is 4.43. The predicted octanol–water partition coefficient (Wildman–Crippen LogP) is 1.25. The zero-order valence-corrected chi connectivity index (χ0v) is 14.5. The summed E-state index contributed by atoms with van der Waals surface area (Å²) in [7, 11) is 1.55. The van der Waals surface area contributed by atoms with Gasteiger partial charge in [-0.3, -0.25) is 14.5 Å². The van der Waals surface area contributed by atoms with Crippen molar-refractivity contribution in [2.75, 3.05) is 20.1 Å². The standard InChI is InChI=1S/C19H20N4O3/c1-21-18(24)10-16-19(25)22-8-9-23(16)12-14-6-7-17(26-14)15-5-3-2-4-13(15)11-20/h2-7,16H,8-10,12H2,1H3,(H,21,24)(H,22,25)/t16-/m0/s1. The molecule has 2 heterocycles. The van der Waals surface area contributed by atoms with Gasteiger partial charge in [0.2, 0.25) is 11.8 Å². The smallest absolute Gasteiger partial charge is 0.237 e. The molecule has 0 bridgehead atoms. The first-order valence-corrected chi connectivity index (χ1v) is 8.43. The third-order valence-corrected chi connectivity index (χ3v) is 4.43. The lowest BCUT2D eigenvalue weighted by Gasteiger charge is -2.33. The van der Waals surface area contributed by atoms with Crippen molar-refractivity contribution in [3.8, 4) is 17.4 Å². The molecule has 1 saturated heterocycles. The first kappa shape index (κ1) is 17.7. The highest BCUT2D eigenvalue weighted by Crippen LogP contribution is 2.26. The first-order valence-electron chi connectivity index (χ1n) is 8.43. The Kier molecular flexibility index (Phi) is 5.34. The van der Waals surface area contributed by atoms with Gasteiger partial charge in [0, 0.05) is 25.7 Å². The van der Waals surface area contributed by atoms with Crippen LogP contribution in [-0.4, -0.2) is 42.9 Å². The molecule has 3 rings (SSSR count). The summed E-state index contributed by atoms with van der Waals surface area (Å²) in [5.74, 6) is 0.965.